The average Bonchev–Trinajstić information content (AvgIpc) is 2.13. The zero-order valence-corrected chi connectivity index (χ0v) is 10.4. The molecule has 0 heterocycles. The van der Waals surface area contributed by atoms with Gasteiger partial charge in [-0.3, -0.25) is 0 Å². The SMILES string of the molecule is C[C@H](CO)[C@@H](O)C/C=C/C(=O)OC(C)(C)C. The fourth-order valence-electron chi connectivity index (χ4n) is 0.993. The van der Waals surface area contributed by atoms with Gasteiger partial charge in [0.2, 0.25) is 0 Å². The number of ether oxygens (including phenoxy) is 1. The van der Waals surface area contributed by atoms with Crippen molar-refractivity contribution in [1.29, 1.82) is 0 Å². The summed E-state index contributed by atoms with van der Waals surface area (Å²) in [5.74, 6) is -0.611. The molecule has 0 spiro atoms. The number of hydrogen-bond donors (Lipinski definition) is 2. The first-order chi connectivity index (χ1) is 7.26. The summed E-state index contributed by atoms with van der Waals surface area (Å²) in [6, 6.07) is 0. The highest BCUT2D eigenvalue weighted by Crippen LogP contribution is 2.09. The summed E-state index contributed by atoms with van der Waals surface area (Å²) in [7, 11) is 0. The zero-order valence-electron chi connectivity index (χ0n) is 10.4. The number of hydrogen-bond acceptors (Lipinski definition) is 4. The quantitative estimate of drug-likeness (QED) is 0.551. The maximum Gasteiger partial charge on any atom is 0.330 e. The highest BCUT2D eigenvalue weighted by molar-refractivity contribution is 5.82. The lowest BCUT2D eigenvalue weighted by atomic mass is 10.0. The molecule has 94 valence electrons. The Morgan fingerprint density at radius 3 is 2.44 bits per heavy atom. The molecule has 0 aromatic heterocycles. The fraction of sp³-hybridized carbons (Fsp3) is 0.750. The van der Waals surface area contributed by atoms with Gasteiger partial charge in [-0.15, -0.1) is 0 Å². The Morgan fingerprint density at radius 2 is 2.00 bits per heavy atom. The molecule has 0 amide bonds. The molecule has 0 aliphatic heterocycles. The van der Waals surface area contributed by atoms with Crippen molar-refractivity contribution >= 4 is 5.97 Å². The van der Waals surface area contributed by atoms with Crippen LogP contribution in [0.2, 0.25) is 0 Å². The van der Waals surface area contributed by atoms with Gasteiger partial charge in [-0.2, -0.15) is 0 Å². The standard InChI is InChI=1S/C12H22O4/c1-9(8-13)10(14)6-5-7-11(15)16-12(2,3)4/h5,7,9-10,13-14H,6,8H2,1-4H3/b7-5+/t9-,10+/m1/s1. The maximum absolute atomic E-state index is 11.2. The molecule has 0 aromatic carbocycles. The second kappa shape index (κ2) is 6.66. The van der Waals surface area contributed by atoms with E-state index in [2.05, 4.69) is 0 Å². The third-order valence-electron chi connectivity index (χ3n) is 1.98. The first-order valence-corrected chi connectivity index (χ1v) is 5.44. The predicted molar refractivity (Wildman–Crippen MR) is 61.9 cm³/mol. The molecule has 0 bridgehead atoms. The van der Waals surface area contributed by atoms with Crippen molar-refractivity contribution in [3.8, 4) is 0 Å². The minimum Gasteiger partial charge on any atom is -0.457 e. The second-order valence-electron chi connectivity index (χ2n) is 4.90. The molecule has 2 atom stereocenters. The summed E-state index contributed by atoms with van der Waals surface area (Å²) in [4.78, 5) is 11.2. The van der Waals surface area contributed by atoms with E-state index in [0.29, 0.717) is 6.42 Å². The minimum atomic E-state index is -0.635. The van der Waals surface area contributed by atoms with Crippen LogP contribution >= 0.6 is 0 Å². The van der Waals surface area contributed by atoms with Crippen LogP contribution in [0.5, 0.6) is 0 Å². The summed E-state index contributed by atoms with van der Waals surface area (Å²) in [6.07, 6.45) is 2.56. The molecule has 0 aliphatic rings. The Hall–Kier alpha value is -0.870. The van der Waals surface area contributed by atoms with Gasteiger partial charge in [0.05, 0.1) is 6.10 Å². The Labute approximate surface area is 96.9 Å². The molecular weight excluding hydrogens is 208 g/mol. The lowest BCUT2D eigenvalue weighted by Gasteiger charge is -2.18. The number of carbonyl (C=O) groups excluding carboxylic acids is 1. The van der Waals surface area contributed by atoms with Crippen LogP contribution in [-0.4, -0.2) is 34.5 Å². The number of esters is 1. The molecule has 4 heteroatoms. The first-order valence-electron chi connectivity index (χ1n) is 5.44. The topological polar surface area (TPSA) is 66.8 Å². The Morgan fingerprint density at radius 1 is 1.44 bits per heavy atom. The van der Waals surface area contributed by atoms with Gasteiger partial charge < -0.3 is 14.9 Å². The molecule has 0 aromatic rings. The number of rotatable bonds is 5. The minimum absolute atomic E-state index is 0.0680. The normalized spacial score (nSPS) is 16.1. The van der Waals surface area contributed by atoms with Crippen molar-refractivity contribution in [2.75, 3.05) is 6.61 Å². The lowest BCUT2D eigenvalue weighted by Crippen LogP contribution is -2.23. The monoisotopic (exact) mass is 230 g/mol. The molecular formula is C12H22O4. The lowest BCUT2D eigenvalue weighted by molar-refractivity contribution is -0.148. The van der Waals surface area contributed by atoms with Crippen molar-refractivity contribution in [2.24, 2.45) is 5.92 Å². The van der Waals surface area contributed by atoms with E-state index >= 15 is 0 Å². The van der Waals surface area contributed by atoms with Crippen LogP contribution in [-0.2, 0) is 9.53 Å². The smallest absolute Gasteiger partial charge is 0.330 e. The van der Waals surface area contributed by atoms with E-state index in [0.717, 1.165) is 0 Å². The van der Waals surface area contributed by atoms with Gasteiger partial charge in [0.15, 0.2) is 0 Å². The van der Waals surface area contributed by atoms with Crippen molar-refractivity contribution < 1.29 is 19.7 Å². The van der Waals surface area contributed by atoms with Crippen LogP contribution in [0.4, 0.5) is 0 Å². The van der Waals surface area contributed by atoms with Crippen molar-refractivity contribution in [1.82, 2.24) is 0 Å². The van der Waals surface area contributed by atoms with E-state index in [1.165, 1.54) is 6.08 Å². The van der Waals surface area contributed by atoms with E-state index < -0.39 is 17.7 Å². The molecule has 0 radical (unpaired) electrons. The highest BCUT2D eigenvalue weighted by atomic mass is 16.6. The summed E-state index contributed by atoms with van der Waals surface area (Å²) in [5, 5.41) is 18.3. The molecule has 0 unspecified atom stereocenters. The van der Waals surface area contributed by atoms with Crippen LogP contribution in [0.1, 0.15) is 34.1 Å². The third kappa shape index (κ3) is 7.43. The number of carbonyl (C=O) groups is 1. The van der Waals surface area contributed by atoms with Crippen molar-refractivity contribution in [2.45, 2.75) is 45.8 Å². The Bertz CT molecular complexity index is 240. The third-order valence-corrected chi connectivity index (χ3v) is 1.98. The average molecular weight is 230 g/mol. The van der Waals surface area contributed by atoms with Crippen LogP contribution in [0.3, 0.4) is 0 Å². The van der Waals surface area contributed by atoms with E-state index in [1.54, 1.807) is 33.8 Å². The van der Waals surface area contributed by atoms with Crippen LogP contribution < -0.4 is 0 Å². The maximum atomic E-state index is 11.2. The first kappa shape index (κ1) is 15.1. The predicted octanol–water partition coefficient (Wildman–Crippen LogP) is 1.26. The molecule has 0 saturated heterocycles. The number of aliphatic hydroxyl groups excluding tert-OH is 2. The van der Waals surface area contributed by atoms with Gasteiger partial charge in [-0.25, -0.2) is 4.79 Å². The van der Waals surface area contributed by atoms with E-state index in [-0.39, 0.29) is 12.5 Å². The molecule has 0 rings (SSSR count). The molecule has 4 nitrogen and oxygen atoms in total. The van der Waals surface area contributed by atoms with Gasteiger partial charge in [0.25, 0.3) is 0 Å². The van der Waals surface area contributed by atoms with Gasteiger partial charge in [0, 0.05) is 18.6 Å². The van der Waals surface area contributed by atoms with Crippen LogP contribution in [0, 0.1) is 5.92 Å². The molecule has 0 aliphatic carbocycles. The molecule has 0 saturated carbocycles. The fourth-order valence-corrected chi connectivity index (χ4v) is 0.993. The molecule has 16 heavy (non-hydrogen) atoms. The highest BCUT2D eigenvalue weighted by Gasteiger charge is 2.14. The molecule has 2 N–H and O–H groups in total. The summed E-state index contributed by atoms with van der Waals surface area (Å²) in [6.45, 7) is 7.05. The number of aliphatic hydroxyl groups is 2. The van der Waals surface area contributed by atoms with Gasteiger partial charge in [-0.05, 0) is 27.2 Å². The van der Waals surface area contributed by atoms with Crippen molar-refractivity contribution in [3.05, 3.63) is 12.2 Å². The Kier molecular flexibility index (Phi) is 6.29. The summed E-state index contributed by atoms with van der Waals surface area (Å²) >= 11 is 0. The van der Waals surface area contributed by atoms with Gasteiger partial charge in [-0.1, -0.05) is 13.0 Å². The van der Waals surface area contributed by atoms with Gasteiger partial charge >= 0.3 is 5.97 Å². The van der Waals surface area contributed by atoms with Crippen molar-refractivity contribution in [3.63, 3.8) is 0 Å². The van der Waals surface area contributed by atoms with E-state index in [9.17, 15) is 9.90 Å². The van der Waals surface area contributed by atoms with Gasteiger partial charge in [0.1, 0.15) is 5.60 Å². The largest absolute Gasteiger partial charge is 0.457 e. The van der Waals surface area contributed by atoms with E-state index in [1.807, 2.05) is 0 Å². The summed E-state index contributed by atoms with van der Waals surface area (Å²) in [5.41, 5.74) is -0.502. The second-order valence-corrected chi connectivity index (χ2v) is 4.90. The van der Waals surface area contributed by atoms with Crippen LogP contribution in [0.15, 0.2) is 12.2 Å². The summed E-state index contributed by atoms with van der Waals surface area (Å²) < 4.78 is 5.05. The van der Waals surface area contributed by atoms with Crippen LogP contribution in [0.25, 0.3) is 0 Å². The zero-order chi connectivity index (χ0) is 12.8. The Balaban J connectivity index is 3.97. The molecule has 0 fully saturated rings. The van der Waals surface area contributed by atoms with E-state index in [4.69, 9.17) is 9.84 Å².